The molecular formula is C12H11NaO3. The summed E-state index contributed by atoms with van der Waals surface area (Å²) in [7, 11) is 1.55. The van der Waals surface area contributed by atoms with Gasteiger partial charge in [-0.05, 0) is 36.1 Å². The van der Waals surface area contributed by atoms with E-state index in [0.717, 1.165) is 12.0 Å². The average molecular weight is 226 g/mol. The van der Waals surface area contributed by atoms with Crippen molar-refractivity contribution in [3.63, 3.8) is 0 Å². The summed E-state index contributed by atoms with van der Waals surface area (Å²) >= 11 is 0. The first-order valence-electron chi connectivity index (χ1n) is 4.79. The minimum absolute atomic E-state index is 0. The van der Waals surface area contributed by atoms with E-state index >= 15 is 0 Å². The van der Waals surface area contributed by atoms with Gasteiger partial charge in [-0.15, -0.1) is 6.26 Å². The number of carbonyl (C=O) groups is 1. The molecule has 0 fully saturated rings. The fourth-order valence-electron chi connectivity index (χ4n) is 1.78. The topological polar surface area (TPSA) is 49.4 Å². The number of fused-ring (bicyclic) bond motifs is 1. The predicted molar refractivity (Wildman–Crippen MR) is 53.7 cm³/mol. The van der Waals surface area contributed by atoms with E-state index < -0.39 is 0 Å². The van der Waals surface area contributed by atoms with E-state index in [9.17, 15) is 9.90 Å². The maximum Gasteiger partial charge on any atom is 1.00 e. The summed E-state index contributed by atoms with van der Waals surface area (Å²) in [6, 6.07) is 5.41. The van der Waals surface area contributed by atoms with Crippen molar-refractivity contribution in [1.29, 1.82) is 0 Å². The minimum Gasteiger partial charge on any atom is -0.878 e. The molecule has 0 bridgehead atoms. The zero-order valence-corrected chi connectivity index (χ0v) is 11.4. The van der Waals surface area contributed by atoms with Crippen molar-refractivity contribution in [1.82, 2.24) is 0 Å². The van der Waals surface area contributed by atoms with Crippen molar-refractivity contribution in [3.8, 4) is 5.75 Å². The Hall–Kier alpha value is -0.770. The van der Waals surface area contributed by atoms with Gasteiger partial charge in [0.1, 0.15) is 5.75 Å². The molecule has 0 amide bonds. The summed E-state index contributed by atoms with van der Waals surface area (Å²) < 4.78 is 5.05. The quantitative estimate of drug-likeness (QED) is 0.318. The number of Topliss-reactive ketones (excluding diaryl/α,β-unsaturated/α-hetero) is 1. The van der Waals surface area contributed by atoms with Crippen LogP contribution in [0.1, 0.15) is 22.3 Å². The molecule has 0 spiro atoms. The van der Waals surface area contributed by atoms with Crippen LogP contribution in [0.4, 0.5) is 0 Å². The van der Waals surface area contributed by atoms with Gasteiger partial charge in [-0.1, -0.05) is 6.07 Å². The smallest absolute Gasteiger partial charge is 0.878 e. The van der Waals surface area contributed by atoms with Gasteiger partial charge >= 0.3 is 29.6 Å². The third-order valence-corrected chi connectivity index (χ3v) is 2.66. The van der Waals surface area contributed by atoms with Crippen molar-refractivity contribution in [2.75, 3.05) is 7.11 Å². The number of benzene rings is 1. The van der Waals surface area contributed by atoms with E-state index in [0.29, 0.717) is 29.6 Å². The molecule has 0 N–H and O–H groups in total. The molecule has 4 heteroatoms. The van der Waals surface area contributed by atoms with E-state index in [1.807, 2.05) is 12.1 Å². The van der Waals surface area contributed by atoms with Crippen molar-refractivity contribution >= 4 is 5.78 Å². The van der Waals surface area contributed by atoms with E-state index in [4.69, 9.17) is 4.74 Å². The number of rotatable bonds is 1. The number of allylic oxidation sites excluding steroid dienone is 1. The number of carbonyl (C=O) groups excluding carboxylic acids is 1. The molecule has 0 heterocycles. The Kier molecular flexibility index (Phi) is 4.59. The van der Waals surface area contributed by atoms with Gasteiger partial charge in [0.15, 0.2) is 5.78 Å². The molecule has 0 radical (unpaired) electrons. The van der Waals surface area contributed by atoms with Crippen LogP contribution in [0.3, 0.4) is 0 Å². The molecule has 1 aromatic rings. The van der Waals surface area contributed by atoms with Gasteiger partial charge in [0.25, 0.3) is 0 Å². The van der Waals surface area contributed by atoms with E-state index in [1.54, 1.807) is 13.2 Å². The van der Waals surface area contributed by atoms with Gasteiger partial charge in [-0.2, -0.15) is 0 Å². The fraction of sp³-hybridized carbons (Fsp3) is 0.250. The molecule has 0 saturated heterocycles. The Morgan fingerprint density at radius 3 is 2.75 bits per heavy atom. The molecule has 0 atom stereocenters. The zero-order chi connectivity index (χ0) is 10.8. The average Bonchev–Trinajstić information content (AvgIpc) is 2.29. The first-order valence-corrected chi connectivity index (χ1v) is 4.79. The molecule has 0 saturated carbocycles. The molecule has 1 aromatic carbocycles. The molecular weight excluding hydrogens is 215 g/mol. The summed E-state index contributed by atoms with van der Waals surface area (Å²) in [6.45, 7) is 0. The summed E-state index contributed by atoms with van der Waals surface area (Å²) in [4.78, 5) is 11.8. The standard InChI is InChI=1S/C12H12O3.Na/c1-15-10-5-4-8-2-3-9(7-13)12(14)11(8)6-10;/h4-7,13H,2-3H2,1H3;/q;+1/p-1/b9-7+;. The Labute approximate surface area is 116 Å². The first kappa shape index (κ1) is 13.3. The van der Waals surface area contributed by atoms with E-state index in [2.05, 4.69) is 0 Å². The molecule has 0 aromatic heterocycles. The number of hydrogen-bond donors (Lipinski definition) is 0. The van der Waals surface area contributed by atoms with Gasteiger partial charge in [0, 0.05) is 5.56 Å². The van der Waals surface area contributed by atoms with Crippen molar-refractivity contribution in [2.45, 2.75) is 12.8 Å². The van der Waals surface area contributed by atoms with Gasteiger partial charge in [0.2, 0.25) is 0 Å². The summed E-state index contributed by atoms with van der Waals surface area (Å²) in [5.74, 6) is 0.486. The molecule has 78 valence electrons. The monoisotopic (exact) mass is 226 g/mol. The molecule has 0 aliphatic heterocycles. The SMILES string of the molecule is COc1ccc2c(c1)C(=O)/C(=C/[O-])CC2.[Na+]. The summed E-state index contributed by atoms with van der Waals surface area (Å²) in [6.07, 6.45) is 1.95. The number of methoxy groups -OCH3 is 1. The third kappa shape index (κ3) is 2.32. The van der Waals surface area contributed by atoms with Crippen molar-refractivity contribution in [3.05, 3.63) is 41.2 Å². The molecule has 0 unspecified atom stereocenters. The largest absolute Gasteiger partial charge is 1.00 e. The van der Waals surface area contributed by atoms with Gasteiger partial charge in [-0.25, -0.2) is 0 Å². The number of ether oxygens (including phenoxy) is 1. The second kappa shape index (κ2) is 5.53. The van der Waals surface area contributed by atoms with Gasteiger partial charge in [-0.3, -0.25) is 4.79 Å². The number of aryl methyl sites for hydroxylation is 1. The van der Waals surface area contributed by atoms with Crippen LogP contribution in [0.15, 0.2) is 30.0 Å². The van der Waals surface area contributed by atoms with Crippen molar-refractivity contribution in [2.24, 2.45) is 0 Å². The molecule has 16 heavy (non-hydrogen) atoms. The maximum absolute atomic E-state index is 11.8. The van der Waals surface area contributed by atoms with Crippen LogP contribution in [0, 0.1) is 0 Å². The molecule has 1 aliphatic rings. The third-order valence-electron chi connectivity index (χ3n) is 2.66. The predicted octanol–water partition coefficient (Wildman–Crippen LogP) is -1.93. The van der Waals surface area contributed by atoms with Crippen LogP contribution in [-0.2, 0) is 6.42 Å². The van der Waals surface area contributed by atoms with Crippen LogP contribution < -0.4 is 39.4 Å². The van der Waals surface area contributed by atoms with Crippen LogP contribution in [0.25, 0.3) is 0 Å². The van der Waals surface area contributed by atoms with Crippen LogP contribution in [0.5, 0.6) is 5.75 Å². The van der Waals surface area contributed by atoms with E-state index in [1.165, 1.54) is 0 Å². The Balaban J connectivity index is 0.00000128. The van der Waals surface area contributed by atoms with Gasteiger partial charge < -0.3 is 9.84 Å². The fourth-order valence-corrected chi connectivity index (χ4v) is 1.78. The van der Waals surface area contributed by atoms with Crippen LogP contribution >= 0.6 is 0 Å². The molecule has 1 aliphatic carbocycles. The zero-order valence-electron chi connectivity index (χ0n) is 9.45. The minimum atomic E-state index is -0.162. The number of hydrogen-bond acceptors (Lipinski definition) is 3. The second-order valence-electron chi connectivity index (χ2n) is 3.50. The first-order chi connectivity index (χ1) is 7.26. The molecule has 3 nitrogen and oxygen atoms in total. The summed E-state index contributed by atoms with van der Waals surface area (Å²) in [5, 5.41) is 10.6. The summed E-state index contributed by atoms with van der Waals surface area (Å²) in [5.41, 5.74) is 1.95. The van der Waals surface area contributed by atoms with E-state index in [-0.39, 0.29) is 35.3 Å². The second-order valence-corrected chi connectivity index (χ2v) is 3.50. The molecule has 2 rings (SSSR count). The Morgan fingerprint density at radius 1 is 1.38 bits per heavy atom. The van der Waals surface area contributed by atoms with Crippen LogP contribution in [-0.4, -0.2) is 12.9 Å². The van der Waals surface area contributed by atoms with Gasteiger partial charge in [0.05, 0.1) is 7.11 Å². The normalized spacial score (nSPS) is 16.6. The Bertz CT molecular complexity index is 438. The Morgan fingerprint density at radius 2 is 2.12 bits per heavy atom. The van der Waals surface area contributed by atoms with Crippen LogP contribution in [0.2, 0.25) is 0 Å². The maximum atomic E-state index is 11.8. The number of ketones is 1. The van der Waals surface area contributed by atoms with Crippen molar-refractivity contribution < 1.29 is 44.2 Å².